The monoisotopic (exact) mass is 833 g/mol. The van der Waals surface area contributed by atoms with Gasteiger partial charge >= 0.3 is 0 Å². The van der Waals surface area contributed by atoms with Crippen LogP contribution in [0.15, 0.2) is 231 Å². The molecule has 0 N–H and O–H groups in total. The van der Waals surface area contributed by atoms with Crippen molar-refractivity contribution in [2.75, 3.05) is 4.90 Å². The number of nitrogens with zero attached hydrogens (tertiary/aromatic N) is 1. The number of rotatable bonds is 8. The molecule has 0 aliphatic heterocycles. The van der Waals surface area contributed by atoms with Crippen LogP contribution in [-0.4, -0.2) is 0 Å². The zero-order chi connectivity index (χ0) is 42.4. The lowest BCUT2D eigenvalue weighted by Crippen LogP contribution is -2.10. The van der Waals surface area contributed by atoms with Crippen molar-refractivity contribution in [1.82, 2.24) is 0 Å². The van der Waals surface area contributed by atoms with Crippen LogP contribution in [0.2, 0.25) is 0 Å². The topological polar surface area (TPSA) is 3.24 Å². The Balaban J connectivity index is 0.938. The molecule has 1 aliphatic carbocycles. The molecule has 0 atom stereocenters. The summed E-state index contributed by atoms with van der Waals surface area (Å²) in [6, 6.07) is 82.7. The van der Waals surface area contributed by atoms with Crippen LogP contribution in [0, 0.1) is 0 Å². The Morgan fingerprint density at radius 1 is 0.344 bits per heavy atom. The molecule has 1 aliphatic rings. The Labute approximate surface area is 378 Å². The summed E-state index contributed by atoms with van der Waals surface area (Å²) in [5.74, 6) is 0. The SMILES string of the molecule is C1=Cc2cccc(-c3ccc(N(c4ccc(-c5ccc(-c6ccccc6)c(-c6ccc7sc8ccccc8c7c6)c5)cc4)c4ccc(-c5cccc6ccccc56)cc4)cc3)c2CC1. The van der Waals surface area contributed by atoms with E-state index in [9.17, 15) is 0 Å². The van der Waals surface area contributed by atoms with Gasteiger partial charge in [-0.15, -0.1) is 11.3 Å². The fourth-order valence-corrected chi connectivity index (χ4v) is 10.9. The Kier molecular flexibility index (Phi) is 9.58. The molecule has 0 bridgehead atoms. The zero-order valence-electron chi connectivity index (χ0n) is 35.3. The molecular weight excluding hydrogens is 791 g/mol. The minimum Gasteiger partial charge on any atom is -0.311 e. The van der Waals surface area contributed by atoms with Crippen LogP contribution in [0.4, 0.5) is 17.1 Å². The Bertz CT molecular complexity index is 3520. The highest BCUT2D eigenvalue weighted by molar-refractivity contribution is 7.25. The highest BCUT2D eigenvalue weighted by Gasteiger charge is 2.18. The average Bonchev–Trinajstić information content (AvgIpc) is 3.75. The molecule has 0 fully saturated rings. The van der Waals surface area contributed by atoms with Gasteiger partial charge in [0.2, 0.25) is 0 Å². The van der Waals surface area contributed by atoms with Crippen molar-refractivity contribution >= 4 is 65.4 Å². The van der Waals surface area contributed by atoms with E-state index >= 15 is 0 Å². The summed E-state index contributed by atoms with van der Waals surface area (Å²) >= 11 is 1.86. The van der Waals surface area contributed by atoms with Crippen LogP contribution < -0.4 is 4.90 Å². The molecule has 0 saturated heterocycles. The minimum atomic E-state index is 1.07. The first-order valence-electron chi connectivity index (χ1n) is 22.2. The minimum absolute atomic E-state index is 1.07. The van der Waals surface area contributed by atoms with Gasteiger partial charge in [-0.1, -0.05) is 176 Å². The summed E-state index contributed by atoms with van der Waals surface area (Å²) in [5, 5.41) is 5.14. The fourth-order valence-electron chi connectivity index (χ4n) is 9.78. The van der Waals surface area contributed by atoms with Crippen LogP contribution in [-0.2, 0) is 6.42 Å². The highest BCUT2D eigenvalue weighted by atomic mass is 32.1. The molecule has 1 nitrogen and oxygen atoms in total. The van der Waals surface area contributed by atoms with Crippen molar-refractivity contribution in [3.8, 4) is 55.6 Å². The molecule has 11 aromatic rings. The quantitative estimate of drug-likeness (QED) is 0.147. The van der Waals surface area contributed by atoms with Crippen LogP contribution in [0.1, 0.15) is 17.5 Å². The molecule has 0 spiro atoms. The maximum atomic E-state index is 2.39. The number of allylic oxidation sites excluding steroid dienone is 1. The molecule has 2 heteroatoms. The zero-order valence-corrected chi connectivity index (χ0v) is 36.1. The molecule has 10 aromatic carbocycles. The normalized spacial score (nSPS) is 12.2. The van der Waals surface area contributed by atoms with E-state index in [4.69, 9.17) is 0 Å². The highest BCUT2D eigenvalue weighted by Crippen LogP contribution is 2.43. The smallest absolute Gasteiger partial charge is 0.0462 e. The number of benzene rings is 10. The van der Waals surface area contributed by atoms with E-state index in [0.29, 0.717) is 0 Å². The van der Waals surface area contributed by atoms with Gasteiger partial charge in [0.05, 0.1) is 0 Å². The summed E-state index contributed by atoms with van der Waals surface area (Å²) in [4.78, 5) is 2.38. The summed E-state index contributed by atoms with van der Waals surface area (Å²) in [6.45, 7) is 0. The van der Waals surface area contributed by atoms with Crippen molar-refractivity contribution in [3.63, 3.8) is 0 Å². The molecule has 0 unspecified atom stereocenters. The molecule has 0 amide bonds. The molecular formula is C62H43NS. The van der Waals surface area contributed by atoms with Gasteiger partial charge in [-0.05, 0) is 151 Å². The first-order valence-corrected chi connectivity index (χ1v) is 23.0. The first kappa shape index (κ1) is 37.9. The molecule has 0 radical (unpaired) electrons. The number of hydrogen-bond donors (Lipinski definition) is 0. The van der Waals surface area contributed by atoms with Gasteiger partial charge < -0.3 is 4.90 Å². The van der Waals surface area contributed by atoms with E-state index < -0.39 is 0 Å². The van der Waals surface area contributed by atoms with Crippen LogP contribution >= 0.6 is 11.3 Å². The summed E-state index contributed by atoms with van der Waals surface area (Å²) in [5.41, 5.74) is 18.4. The van der Waals surface area contributed by atoms with E-state index in [1.807, 2.05) is 11.3 Å². The summed E-state index contributed by atoms with van der Waals surface area (Å²) in [6.07, 6.45) is 6.72. The fraction of sp³-hybridized carbons (Fsp3) is 0.0323. The average molecular weight is 834 g/mol. The molecule has 12 rings (SSSR count). The molecule has 1 aromatic heterocycles. The first-order chi connectivity index (χ1) is 31.7. The van der Waals surface area contributed by atoms with Crippen LogP contribution in [0.25, 0.3) is 92.7 Å². The lowest BCUT2D eigenvalue weighted by molar-refractivity contribution is 0.988. The standard InChI is InChI=1S/C62H43NS/c1-2-12-43(13-3-1)57-38-30-48(40-59(57)49-31-39-62-60(41-49)58-20-8-9-23-61(58)64-62)42-24-32-50(33-25-42)63(51-34-26-46(27-35-51)55-21-10-16-44-14-4-6-18-53(44)55)52-36-28-47(29-37-52)56-22-11-17-45-15-5-7-19-54(45)56/h1-6,8-18,20-41H,7,19H2. The lowest BCUT2D eigenvalue weighted by Gasteiger charge is -2.26. The summed E-state index contributed by atoms with van der Waals surface area (Å²) < 4.78 is 2.64. The van der Waals surface area contributed by atoms with Gasteiger partial charge in [0, 0.05) is 37.2 Å². The van der Waals surface area contributed by atoms with Crippen molar-refractivity contribution in [2.24, 2.45) is 0 Å². The maximum Gasteiger partial charge on any atom is 0.0462 e. The van der Waals surface area contributed by atoms with Crippen LogP contribution in [0.5, 0.6) is 0 Å². The second kappa shape index (κ2) is 16.2. The third-order valence-electron chi connectivity index (χ3n) is 13.0. The van der Waals surface area contributed by atoms with E-state index in [1.165, 1.54) is 97.7 Å². The molecule has 64 heavy (non-hydrogen) atoms. The second-order valence-electron chi connectivity index (χ2n) is 16.8. The van der Waals surface area contributed by atoms with E-state index in [1.54, 1.807) is 0 Å². The third kappa shape index (κ3) is 6.90. The van der Waals surface area contributed by atoms with Crippen molar-refractivity contribution in [3.05, 3.63) is 242 Å². The lowest BCUT2D eigenvalue weighted by atomic mass is 9.89. The predicted octanol–water partition coefficient (Wildman–Crippen LogP) is 18.0. The Morgan fingerprint density at radius 2 is 0.922 bits per heavy atom. The second-order valence-corrected chi connectivity index (χ2v) is 17.8. The van der Waals surface area contributed by atoms with Crippen LogP contribution in [0.3, 0.4) is 0 Å². The van der Waals surface area contributed by atoms with Crippen molar-refractivity contribution < 1.29 is 0 Å². The van der Waals surface area contributed by atoms with Gasteiger partial charge in [-0.25, -0.2) is 0 Å². The number of hydrogen-bond acceptors (Lipinski definition) is 2. The molecule has 1 heterocycles. The van der Waals surface area contributed by atoms with E-state index in [2.05, 4.69) is 242 Å². The van der Waals surface area contributed by atoms with Gasteiger partial charge in [-0.2, -0.15) is 0 Å². The summed E-state index contributed by atoms with van der Waals surface area (Å²) in [7, 11) is 0. The number of fused-ring (bicyclic) bond motifs is 5. The van der Waals surface area contributed by atoms with Gasteiger partial charge in [0.1, 0.15) is 0 Å². The Hall–Kier alpha value is -7.78. The molecule has 302 valence electrons. The Morgan fingerprint density at radius 3 is 1.70 bits per heavy atom. The van der Waals surface area contributed by atoms with Crippen molar-refractivity contribution in [2.45, 2.75) is 12.8 Å². The van der Waals surface area contributed by atoms with Gasteiger partial charge in [0.15, 0.2) is 0 Å². The molecule has 0 saturated carbocycles. The number of anilines is 3. The number of thiophene rings is 1. The predicted molar refractivity (Wildman–Crippen MR) is 276 cm³/mol. The van der Waals surface area contributed by atoms with Crippen molar-refractivity contribution in [1.29, 1.82) is 0 Å². The maximum absolute atomic E-state index is 2.39. The van der Waals surface area contributed by atoms with Gasteiger partial charge in [-0.3, -0.25) is 0 Å². The van der Waals surface area contributed by atoms with E-state index in [0.717, 1.165) is 29.9 Å². The van der Waals surface area contributed by atoms with E-state index in [-0.39, 0.29) is 0 Å². The largest absolute Gasteiger partial charge is 0.311 e. The van der Waals surface area contributed by atoms with Gasteiger partial charge in [0.25, 0.3) is 0 Å². The third-order valence-corrected chi connectivity index (χ3v) is 14.1.